The average Bonchev–Trinajstić information content (AvgIpc) is 3.18. The number of hydrogen-bond donors (Lipinski definition) is 2. The van der Waals surface area contributed by atoms with E-state index in [4.69, 9.17) is 0 Å². The van der Waals surface area contributed by atoms with E-state index < -0.39 is 5.92 Å². The van der Waals surface area contributed by atoms with E-state index in [-0.39, 0.29) is 29.8 Å². The molecule has 1 aromatic carbocycles. The minimum atomic E-state index is -0.656. The quantitative estimate of drug-likeness (QED) is 0.609. The van der Waals surface area contributed by atoms with E-state index in [9.17, 15) is 14.4 Å². The van der Waals surface area contributed by atoms with Gasteiger partial charge in [0.25, 0.3) is 5.91 Å². The smallest absolute Gasteiger partial charge is 0.267 e. The molecule has 1 amide bonds. The highest BCUT2D eigenvalue weighted by molar-refractivity contribution is 7.96. The molecule has 0 bridgehead atoms. The minimum absolute atomic E-state index is 0.0119. The number of nitrogens with zero attached hydrogens (tertiary/aromatic N) is 1. The monoisotopic (exact) mass is 373 g/mol. The molecule has 2 unspecified atom stereocenters. The number of ketones is 2. The Morgan fingerprint density at radius 3 is 2.58 bits per heavy atom. The first-order chi connectivity index (χ1) is 12.4. The summed E-state index contributed by atoms with van der Waals surface area (Å²) in [5.41, 5.74) is 4.43. The number of hydrogen-bond acceptors (Lipinski definition) is 6. The van der Waals surface area contributed by atoms with Gasteiger partial charge in [-0.25, -0.2) is 4.72 Å². The molecule has 1 heterocycles. The summed E-state index contributed by atoms with van der Waals surface area (Å²) in [5, 5.41) is 2.79. The third-order valence-corrected chi connectivity index (χ3v) is 5.57. The SMILES string of the molecule is Cc1cc(C)c(C2C(=O)CC(CCNC(=O)C3=NSNC3)C2=O)c(C)c1. The molecule has 138 valence electrons. The maximum atomic E-state index is 12.9. The molecule has 7 heteroatoms. The van der Waals surface area contributed by atoms with Gasteiger partial charge in [-0.3, -0.25) is 14.4 Å². The molecule has 6 nitrogen and oxygen atoms in total. The number of carbonyl (C=O) groups excluding carboxylic acids is 3. The highest BCUT2D eigenvalue weighted by Gasteiger charge is 2.42. The zero-order valence-corrected chi connectivity index (χ0v) is 16.0. The second-order valence-corrected chi connectivity index (χ2v) is 7.66. The van der Waals surface area contributed by atoms with Crippen molar-refractivity contribution in [1.82, 2.24) is 10.0 Å². The van der Waals surface area contributed by atoms with Crippen molar-refractivity contribution >= 4 is 35.3 Å². The zero-order valence-electron chi connectivity index (χ0n) is 15.2. The summed E-state index contributed by atoms with van der Waals surface area (Å²) < 4.78 is 6.87. The topological polar surface area (TPSA) is 87.6 Å². The Balaban J connectivity index is 1.65. The highest BCUT2D eigenvalue weighted by atomic mass is 32.2. The van der Waals surface area contributed by atoms with Crippen LogP contribution in [0.15, 0.2) is 16.5 Å². The van der Waals surface area contributed by atoms with Crippen LogP contribution in [-0.2, 0) is 14.4 Å². The van der Waals surface area contributed by atoms with Gasteiger partial charge >= 0.3 is 0 Å². The van der Waals surface area contributed by atoms with Crippen LogP contribution in [0.5, 0.6) is 0 Å². The average molecular weight is 373 g/mol. The van der Waals surface area contributed by atoms with Crippen LogP contribution in [0.2, 0.25) is 0 Å². The normalized spacial score (nSPS) is 22.7. The number of benzene rings is 1. The van der Waals surface area contributed by atoms with Crippen molar-refractivity contribution in [2.24, 2.45) is 10.3 Å². The Morgan fingerprint density at radius 1 is 1.27 bits per heavy atom. The molecule has 1 aromatic rings. The molecular formula is C19H23N3O3S. The maximum absolute atomic E-state index is 12.9. The molecule has 1 fully saturated rings. The Hall–Kier alpha value is -1.99. The van der Waals surface area contributed by atoms with Crippen LogP contribution in [0.4, 0.5) is 0 Å². The fourth-order valence-electron chi connectivity index (χ4n) is 3.85. The van der Waals surface area contributed by atoms with E-state index in [1.165, 1.54) is 0 Å². The molecule has 2 N–H and O–H groups in total. The first-order valence-corrected chi connectivity index (χ1v) is 9.54. The van der Waals surface area contributed by atoms with E-state index in [1.54, 1.807) is 0 Å². The van der Waals surface area contributed by atoms with Crippen LogP contribution in [0.1, 0.15) is 41.0 Å². The molecule has 1 aliphatic heterocycles. The van der Waals surface area contributed by atoms with E-state index >= 15 is 0 Å². The summed E-state index contributed by atoms with van der Waals surface area (Å²) in [4.78, 5) is 37.3. The molecule has 3 rings (SSSR count). The number of nitrogens with one attached hydrogen (secondary N) is 2. The lowest BCUT2D eigenvalue weighted by atomic mass is 9.86. The van der Waals surface area contributed by atoms with Crippen molar-refractivity contribution < 1.29 is 14.4 Å². The second-order valence-electron chi connectivity index (χ2n) is 7.01. The first kappa shape index (κ1) is 18.8. The van der Waals surface area contributed by atoms with Gasteiger partial charge in [0.05, 0.1) is 18.7 Å². The summed E-state index contributed by atoms with van der Waals surface area (Å²) in [6.45, 7) is 6.72. The van der Waals surface area contributed by atoms with Crippen molar-refractivity contribution in [2.45, 2.75) is 39.5 Å². The molecule has 26 heavy (non-hydrogen) atoms. The number of Topliss-reactive ketones (excluding diaryl/α,β-unsaturated/α-hetero) is 2. The maximum Gasteiger partial charge on any atom is 0.267 e. The van der Waals surface area contributed by atoms with Crippen LogP contribution in [0.25, 0.3) is 0 Å². The number of carbonyl (C=O) groups is 3. The van der Waals surface area contributed by atoms with E-state index in [2.05, 4.69) is 14.4 Å². The fourth-order valence-corrected chi connectivity index (χ4v) is 4.38. The largest absolute Gasteiger partial charge is 0.351 e. The Morgan fingerprint density at radius 2 is 1.96 bits per heavy atom. The molecule has 0 radical (unpaired) electrons. The Kier molecular flexibility index (Phi) is 5.58. The molecule has 0 aromatic heterocycles. The van der Waals surface area contributed by atoms with Crippen molar-refractivity contribution in [3.8, 4) is 0 Å². The van der Waals surface area contributed by atoms with E-state index in [0.717, 1.165) is 34.4 Å². The molecule has 2 atom stereocenters. The van der Waals surface area contributed by atoms with Gasteiger partial charge in [-0.05, 0) is 43.9 Å². The van der Waals surface area contributed by atoms with Crippen LogP contribution in [-0.4, -0.2) is 36.3 Å². The van der Waals surface area contributed by atoms with Gasteiger partial charge < -0.3 is 5.32 Å². The van der Waals surface area contributed by atoms with Gasteiger partial charge in [-0.1, -0.05) is 17.7 Å². The van der Waals surface area contributed by atoms with Gasteiger partial charge in [-0.2, -0.15) is 4.40 Å². The van der Waals surface area contributed by atoms with Crippen molar-refractivity contribution in [3.05, 3.63) is 34.4 Å². The minimum Gasteiger partial charge on any atom is -0.351 e. The molecule has 0 saturated heterocycles. The number of amides is 1. The van der Waals surface area contributed by atoms with Crippen LogP contribution < -0.4 is 10.0 Å². The lowest BCUT2D eigenvalue weighted by Gasteiger charge is -2.16. The van der Waals surface area contributed by atoms with Gasteiger partial charge in [0.15, 0.2) is 5.78 Å². The van der Waals surface area contributed by atoms with E-state index in [1.807, 2.05) is 32.9 Å². The first-order valence-electron chi connectivity index (χ1n) is 8.76. The lowest BCUT2D eigenvalue weighted by Crippen LogP contribution is -2.35. The summed E-state index contributed by atoms with van der Waals surface area (Å²) in [6, 6.07) is 4.04. The molecular weight excluding hydrogens is 350 g/mol. The summed E-state index contributed by atoms with van der Waals surface area (Å²) in [5.74, 6) is -1.24. The van der Waals surface area contributed by atoms with Crippen LogP contribution >= 0.6 is 12.1 Å². The number of rotatable bonds is 5. The van der Waals surface area contributed by atoms with Crippen molar-refractivity contribution in [2.75, 3.05) is 13.1 Å². The molecule has 2 aliphatic rings. The van der Waals surface area contributed by atoms with E-state index in [0.29, 0.717) is 25.2 Å². The highest BCUT2D eigenvalue weighted by Crippen LogP contribution is 2.37. The lowest BCUT2D eigenvalue weighted by molar-refractivity contribution is -0.125. The summed E-state index contributed by atoms with van der Waals surface area (Å²) >= 11 is 1.15. The molecule has 1 aliphatic carbocycles. The Labute approximate surface area is 157 Å². The predicted octanol–water partition coefficient (Wildman–Crippen LogP) is 1.97. The second kappa shape index (κ2) is 7.72. The third kappa shape index (κ3) is 3.73. The van der Waals surface area contributed by atoms with Crippen LogP contribution in [0.3, 0.4) is 0 Å². The van der Waals surface area contributed by atoms with Gasteiger partial charge in [-0.15, -0.1) is 0 Å². The standard InChI is InChI=1S/C19H23N3O3S/c1-10-6-11(2)16(12(3)7-10)17-15(23)8-13(18(17)24)4-5-20-19(25)14-9-21-26-22-14/h6-7,13,17,21H,4-5,8-9H2,1-3H3,(H,20,25). The molecule has 1 saturated carbocycles. The number of aryl methyl sites for hydroxylation is 3. The summed E-state index contributed by atoms with van der Waals surface area (Å²) in [7, 11) is 0. The molecule has 0 spiro atoms. The van der Waals surface area contributed by atoms with Gasteiger partial charge in [0, 0.05) is 18.9 Å². The van der Waals surface area contributed by atoms with Gasteiger partial charge in [0.1, 0.15) is 17.4 Å². The zero-order chi connectivity index (χ0) is 18.8. The predicted molar refractivity (Wildman–Crippen MR) is 102 cm³/mol. The summed E-state index contributed by atoms with van der Waals surface area (Å²) in [6.07, 6.45) is 0.731. The van der Waals surface area contributed by atoms with Crippen molar-refractivity contribution in [1.29, 1.82) is 0 Å². The Bertz CT molecular complexity index is 780. The van der Waals surface area contributed by atoms with Crippen molar-refractivity contribution in [3.63, 3.8) is 0 Å². The third-order valence-electron chi connectivity index (χ3n) is 4.98. The fraction of sp³-hybridized carbons (Fsp3) is 0.474. The van der Waals surface area contributed by atoms with Crippen LogP contribution in [0, 0.1) is 26.7 Å². The van der Waals surface area contributed by atoms with Gasteiger partial charge in [0.2, 0.25) is 0 Å².